The molecule has 0 aromatic heterocycles. The quantitative estimate of drug-likeness (QED) is 0.817. The maximum atomic E-state index is 12.8. The molecule has 0 aliphatic heterocycles. The maximum absolute atomic E-state index is 12.8. The van der Waals surface area contributed by atoms with Crippen LogP contribution in [-0.4, -0.2) is 5.60 Å². The summed E-state index contributed by atoms with van der Waals surface area (Å²) in [6.45, 7) is 7.74. The van der Waals surface area contributed by atoms with E-state index >= 15 is 0 Å². The molecular weight excluding hydrogens is 229 g/mol. The SMILES string of the molecule is CC(NOC(C)(C)C)c1ccc(F)cc1Cl. The van der Waals surface area contributed by atoms with E-state index in [2.05, 4.69) is 5.48 Å². The fourth-order valence-corrected chi connectivity index (χ4v) is 1.51. The van der Waals surface area contributed by atoms with Crippen molar-refractivity contribution in [2.24, 2.45) is 0 Å². The predicted molar refractivity (Wildman–Crippen MR) is 63.8 cm³/mol. The molecule has 0 heterocycles. The van der Waals surface area contributed by atoms with E-state index < -0.39 is 0 Å². The predicted octanol–water partition coefficient (Wildman–Crippen LogP) is 3.86. The van der Waals surface area contributed by atoms with E-state index in [1.807, 2.05) is 27.7 Å². The van der Waals surface area contributed by atoms with Crippen molar-refractivity contribution < 1.29 is 9.23 Å². The van der Waals surface area contributed by atoms with Gasteiger partial charge in [-0.05, 0) is 45.4 Å². The minimum Gasteiger partial charge on any atom is -0.296 e. The lowest BCUT2D eigenvalue weighted by molar-refractivity contribution is -0.0866. The third-order valence-electron chi connectivity index (χ3n) is 1.97. The summed E-state index contributed by atoms with van der Waals surface area (Å²) in [5, 5.41) is 0.400. The van der Waals surface area contributed by atoms with Crippen molar-refractivity contribution in [2.75, 3.05) is 0 Å². The summed E-state index contributed by atoms with van der Waals surface area (Å²) in [5.41, 5.74) is 3.43. The van der Waals surface area contributed by atoms with E-state index in [9.17, 15) is 4.39 Å². The molecule has 0 spiro atoms. The Morgan fingerprint density at radius 3 is 2.50 bits per heavy atom. The number of hydroxylamine groups is 1. The molecular formula is C12H17ClFNO. The van der Waals surface area contributed by atoms with Crippen LogP contribution in [0.3, 0.4) is 0 Å². The monoisotopic (exact) mass is 245 g/mol. The second kappa shape index (κ2) is 5.13. The fraction of sp³-hybridized carbons (Fsp3) is 0.500. The zero-order valence-corrected chi connectivity index (χ0v) is 10.7. The summed E-state index contributed by atoms with van der Waals surface area (Å²) < 4.78 is 12.8. The van der Waals surface area contributed by atoms with Crippen molar-refractivity contribution in [1.29, 1.82) is 0 Å². The molecule has 0 amide bonds. The molecule has 0 saturated carbocycles. The second-order valence-corrected chi connectivity index (χ2v) is 5.13. The van der Waals surface area contributed by atoms with Crippen LogP contribution in [0.15, 0.2) is 18.2 Å². The van der Waals surface area contributed by atoms with Crippen LogP contribution in [0.25, 0.3) is 0 Å². The van der Waals surface area contributed by atoms with Gasteiger partial charge in [0.25, 0.3) is 0 Å². The van der Waals surface area contributed by atoms with Crippen molar-refractivity contribution in [2.45, 2.75) is 39.3 Å². The van der Waals surface area contributed by atoms with Crippen LogP contribution >= 0.6 is 11.6 Å². The van der Waals surface area contributed by atoms with Gasteiger partial charge in [-0.3, -0.25) is 4.84 Å². The molecule has 1 aromatic carbocycles. The Kier molecular flexibility index (Phi) is 4.30. The number of halogens is 2. The van der Waals surface area contributed by atoms with Crippen LogP contribution in [0.5, 0.6) is 0 Å². The molecule has 90 valence electrons. The number of rotatable bonds is 3. The molecule has 1 N–H and O–H groups in total. The van der Waals surface area contributed by atoms with Crippen molar-refractivity contribution in [3.8, 4) is 0 Å². The van der Waals surface area contributed by atoms with Gasteiger partial charge in [-0.25, -0.2) is 4.39 Å². The highest BCUT2D eigenvalue weighted by atomic mass is 35.5. The van der Waals surface area contributed by atoms with Gasteiger partial charge in [0, 0.05) is 5.02 Å². The summed E-state index contributed by atoms with van der Waals surface area (Å²) in [7, 11) is 0. The molecule has 0 radical (unpaired) electrons. The third kappa shape index (κ3) is 4.08. The molecule has 1 atom stereocenters. The van der Waals surface area contributed by atoms with Crippen molar-refractivity contribution >= 4 is 11.6 Å². The Balaban J connectivity index is 2.70. The second-order valence-electron chi connectivity index (χ2n) is 4.72. The van der Waals surface area contributed by atoms with E-state index in [-0.39, 0.29) is 17.5 Å². The summed E-state index contributed by atoms with van der Waals surface area (Å²) in [5.74, 6) is -0.335. The molecule has 16 heavy (non-hydrogen) atoms. The zero-order valence-electron chi connectivity index (χ0n) is 9.97. The van der Waals surface area contributed by atoms with Crippen LogP contribution in [-0.2, 0) is 4.84 Å². The molecule has 0 aliphatic carbocycles. The molecule has 0 saturated heterocycles. The topological polar surface area (TPSA) is 21.3 Å². The maximum Gasteiger partial charge on any atom is 0.124 e. The molecule has 0 aliphatic rings. The van der Waals surface area contributed by atoms with E-state index in [0.717, 1.165) is 5.56 Å². The van der Waals surface area contributed by atoms with Crippen LogP contribution in [0.4, 0.5) is 4.39 Å². The Morgan fingerprint density at radius 1 is 1.38 bits per heavy atom. The van der Waals surface area contributed by atoms with Crippen molar-refractivity contribution in [3.63, 3.8) is 0 Å². The first-order chi connectivity index (χ1) is 7.29. The summed E-state index contributed by atoms with van der Waals surface area (Å²) in [6.07, 6.45) is 0. The minimum atomic E-state index is -0.335. The van der Waals surface area contributed by atoms with Gasteiger partial charge in [-0.15, -0.1) is 0 Å². The first-order valence-electron chi connectivity index (χ1n) is 5.18. The van der Waals surface area contributed by atoms with Gasteiger partial charge in [-0.2, -0.15) is 5.48 Å². The lowest BCUT2D eigenvalue weighted by Crippen LogP contribution is -2.31. The van der Waals surface area contributed by atoms with E-state index in [4.69, 9.17) is 16.4 Å². The van der Waals surface area contributed by atoms with Gasteiger partial charge < -0.3 is 0 Å². The highest BCUT2D eigenvalue weighted by Gasteiger charge is 2.15. The number of hydrogen-bond donors (Lipinski definition) is 1. The normalized spacial score (nSPS) is 13.9. The Bertz CT molecular complexity index is 363. The molecule has 1 aromatic rings. The van der Waals surface area contributed by atoms with Gasteiger partial charge in [0.1, 0.15) is 5.82 Å². The summed E-state index contributed by atoms with van der Waals surface area (Å²) in [6, 6.07) is 4.25. The van der Waals surface area contributed by atoms with Gasteiger partial charge >= 0.3 is 0 Å². The van der Waals surface area contributed by atoms with Gasteiger partial charge in [0.15, 0.2) is 0 Å². The lowest BCUT2D eigenvalue weighted by Gasteiger charge is -2.23. The van der Waals surface area contributed by atoms with Gasteiger partial charge in [-0.1, -0.05) is 17.7 Å². The van der Waals surface area contributed by atoms with Crippen LogP contribution in [0, 0.1) is 5.82 Å². The largest absolute Gasteiger partial charge is 0.296 e. The molecule has 4 heteroatoms. The molecule has 0 fully saturated rings. The highest BCUT2D eigenvalue weighted by molar-refractivity contribution is 6.31. The average molecular weight is 246 g/mol. The Hall–Kier alpha value is -0.640. The third-order valence-corrected chi connectivity index (χ3v) is 2.30. The average Bonchev–Trinajstić information content (AvgIpc) is 2.13. The van der Waals surface area contributed by atoms with Crippen LogP contribution in [0.2, 0.25) is 5.02 Å². The summed E-state index contributed by atoms with van der Waals surface area (Å²) >= 11 is 5.94. The van der Waals surface area contributed by atoms with Crippen molar-refractivity contribution in [1.82, 2.24) is 5.48 Å². The number of hydrogen-bond acceptors (Lipinski definition) is 2. The van der Waals surface area contributed by atoms with E-state index in [0.29, 0.717) is 5.02 Å². The lowest BCUT2D eigenvalue weighted by atomic mass is 10.1. The first kappa shape index (κ1) is 13.4. The first-order valence-corrected chi connectivity index (χ1v) is 5.56. The molecule has 1 rings (SSSR count). The number of benzene rings is 1. The van der Waals surface area contributed by atoms with Crippen molar-refractivity contribution in [3.05, 3.63) is 34.6 Å². The standard InChI is InChI=1S/C12H17ClFNO/c1-8(15-16-12(2,3)4)10-6-5-9(14)7-11(10)13/h5-8,15H,1-4H3. The zero-order chi connectivity index (χ0) is 12.3. The molecule has 2 nitrogen and oxygen atoms in total. The molecule has 0 bridgehead atoms. The minimum absolute atomic E-state index is 0.0904. The molecule has 1 unspecified atom stereocenters. The van der Waals surface area contributed by atoms with Gasteiger partial charge in [0.2, 0.25) is 0 Å². The Morgan fingerprint density at radius 2 is 2.00 bits per heavy atom. The number of nitrogens with one attached hydrogen (secondary N) is 1. The smallest absolute Gasteiger partial charge is 0.124 e. The Labute approximate surface area is 101 Å². The van der Waals surface area contributed by atoms with Crippen LogP contribution in [0.1, 0.15) is 39.3 Å². The van der Waals surface area contributed by atoms with Crippen LogP contribution < -0.4 is 5.48 Å². The summed E-state index contributed by atoms with van der Waals surface area (Å²) in [4.78, 5) is 5.43. The van der Waals surface area contributed by atoms with E-state index in [1.165, 1.54) is 12.1 Å². The van der Waals surface area contributed by atoms with Gasteiger partial charge in [0.05, 0.1) is 11.6 Å². The highest BCUT2D eigenvalue weighted by Crippen LogP contribution is 2.24. The fourth-order valence-electron chi connectivity index (χ4n) is 1.18. The van der Waals surface area contributed by atoms with E-state index in [1.54, 1.807) is 6.07 Å².